The van der Waals surface area contributed by atoms with E-state index in [9.17, 15) is 9.59 Å². The van der Waals surface area contributed by atoms with Gasteiger partial charge in [0.15, 0.2) is 0 Å². The van der Waals surface area contributed by atoms with Crippen LogP contribution in [0.3, 0.4) is 0 Å². The van der Waals surface area contributed by atoms with E-state index in [4.69, 9.17) is 11.6 Å². The van der Waals surface area contributed by atoms with Gasteiger partial charge in [-0.2, -0.15) is 0 Å². The summed E-state index contributed by atoms with van der Waals surface area (Å²) >= 11 is 9.51. The van der Waals surface area contributed by atoms with E-state index in [1.807, 2.05) is 13.8 Å². The smallest absolute Gasteiger partial charge is 0.250 e. The zero-order valence-electron chi connectivity index (χ0n) is 12.2. The molecular formula is C15H18BrClN2O2. The molecule has 0 aliphatic carbocycles. The largest absolute Gasteiger partial charge is 0.342 e. The summed E-state index contributed by atoms with van der Waals surface area (Å²) in [6.07, 6.45) is 0.815. The van der Waals surface area contributed by atoms with Gasteiger partial charge < -0.3 is 5.32 Å². The first-order valence-electron chi connectivity index (χ1n) is 6.96. The number of benzene rings is 1. The summed E-state index contributed by atoms with van der Waals surface area (Å²) in [7, 11) is 0. The van der Waals surface area contributed by atoms with E-state index < -0.39 is 12.1 Å². The minimum absolute atomic E-state index is 0.0782. The van der Waals surface area contributed by atoms with Crippen molar-refractivity contribution in [1.82, 2.24) is 5.32 Å². The number of amides is 2. The first-order valence-corrected chi connectivity index (χ1v) is 8.13. The highest BCUT2D eigenvalue weighted by molar-refractivity contribution is 9.10. The molecule has 0 bridgehead atoms. The Balaban J connectivity index is 2.46. The van der Waals surface area contributed by atoms with E-state index in [2.05, 4.69) is 21.2 Å². The molecule has 4 nitrogen and oxygen atoms in total. The molecule has 0 radical (unpaired) electrons. The zero-order chi connectivity index (χ0) is 15.7. The summed E-state index contributed by atoms with van der Waals surface area (Å²) in [6, 6.07) is 4.24. The van der Waals surface area contributed by atoms with Crippen LogP contribution in [0.15, 0.2) is 22.7 Å². The Labute approximate surface area is 138 Å². The number of hydrogen-bond donors (Lipinski definition) is 1. The molecule has 1 saturated heterocycles. The van der Waals surface area contributed by atoms with Gasteiger partial charge in [0, 0.05) is 0 Å². The molecule has 0 aromatic heterocycles. The molecule has 3 atom stereocenters. The number of hydrogen-bond acceptors (Lipinski definition) is 2. The van der Waals surface area contributed by atoms with Gasteiger partial charge >= 0.3 is 0 Å². The second-order valence-corrected chi connectivity index (χ2v) is 6.53. The first kappa shape index (κ1) is 16.3. The molecule has 0 saturated carbocycles. The maximum atomic E-state index is 12.8. The fourth-order valence-electron chi connectivity index (χ4n) is 2.42. The number of piperazine rings is 1. The molecule has 6 heteroatoms. The fourth-order valence-corrected chi connectivity index (χ4v) is 3.05. The highest BCUT2D eigenvalue weighted by Gasteiger charge is 2.41. The lowest BCUT2D eigenvalue weighted by atomic mass is 9.94. The Morgan fingerprint density at radius 3 is 2.71 bits per heavy atom. The van der Waals surface area contributed by atoms with E-state index in [1.165, 1.54) is 4.90 Å². The number of nitrogens with one attached hydrogen (secondary N) is 1. The number of carbonyl (C=O) groups is 2. The van der Waals surface area contributed by atoms with Crippen molar-refractivity contribution < 1.29 is 9.59 Å². The van der Waals surface area contributed by atoms with Crippen molar-refractivity contribution in [2.75, 3.05) is 4.90 Å². The van der Waals surface area contributed by atoms with Crippen LogP contribution in [0.25, 0.3) is 0 Å². The Hall–Kier alpha value is -1.07. The normalized spacial score (nSPS) is 24.0. The molecule has 1 aromatic carbocycles. The van der Waals surface area contributed by atoms with Gasteiger partial charge in [0.05, 0.1) is 15.2 Å². The molecule has 3 unspecified atom stereocenters. The minimum Gasteiger partial charge on any atom is -0.342 e. The molecule has 1 aliphatic rings. The molecule has 1 fully saturated rings. The van der Waals surface area contributed by atoms with Crippen LogP contribution in [0.2, 0.25) is 5.02 Å². The summed E-state index contributed by atoms with van der Waals surface area (Å²) in [5.41, 5.74) is 0.628. The van der Waals surface area contributed by atoms with Crippen molar-refractivity contribution in [2.24, 2.45) is 5.92 Å². The lowest BCUT2D eigenvalue weighted by Crippen LogP contribution is -2.64. The summed E-state index contributed by atoms with van der Waals surface area (Å²) in [6.45, 7) is 5.68. The van der Waals surface area contributed by atoms with Crippen molar-refractivity contribution in [3.63, 3.8) is 0 Å². The van der Waals surface area contributed by atoms with Crippen molar-refractivity contribution in [3.8, 4) is 0 Å². The van der Waals surface area contributed by atoms with Crippen LogP contribution >= 0.6 is 27.5 Å². The lowest BCUT2D eigenvalue weighted by Gasteiger charge is -2.39. The van der Waals surface area contributed by atoms with Gasteiger partial charge in [0.2, 0.25) is 5.91 Å². The topological polar surface area (TPSA) is 49.4 Å². The van der Waals surface area contributed by atoms with Crippen LogP contribution < -0.4 is 10.2 Å². The molecular weight excluding hydrogens is 356 g/mol. The average molecular weight is 374 g/mol. The number of nitrogens with zero attached hydrogens (tertiary/aromatic N) is 1. The van der Waals surface area contributed by atoms with Gasteiger partial charge in [0.25, 0.3) is 5.91 Å². The molecule has 1 heterocycles. The Kier molecular flexibility index (Phi) is 4.94. The number of carbonyl (C=O) groups excluding carboxylic acids is 2. The molecule has 2 amide bonds. The maximum Gasteiger partial charge on any atom is 0.250 e. The van der Waals surface area contributed by atoms with Gasteiger partial charge in [-0.3, -0.25) is 14.5 Å². The van der Waals surface area contributed by atoms with Crippen molar-refractivity contribution in [1.29, 1.82) is 0 Å². The third kappa shape index (κ3) is 2.94. The Morgan fingerprint density at radius 1 is 1.43 bits per heavy atom. The first-order chi connectivity index (χ1) is 9.88. The van der Waals surface area contributed by atoms with Gasteiger partial charge in [-0.15, -0.1) is 0 Å². The molecule has 2 rings (SSSR count). The number of halogens is 2. The predicted molar refractivity (Wildman–Crippen MR) is 87.5 cm³/mol. The molecule has 1 N–H and O–H groups in total. The summed E-state index contributed by atoms with van der Waals surface area (Å²) in [4.78, 5) is 26.5. The van der Waals surface area contributed by atoms with E-state index in [1.54, 1.807) is 25.1 Å². The van der Waals surface area contributed by atoms with E-state index in [0.717, 1.165) is 6.42 Å². The minimum atomic E-state index is -0.562. The average Bonchev–Trinajstić information content (AvgIpc) is 2.46. The zero-order valence-corrected chi connectivity index (χ0v) is 14.5. The SMILES string of the molecule is CCC(C)C1NC(=O)C(C)N(c2cccc(Cl)c2Br)C1=O. The van der Waals surface area contributed by atoms with Crippen molar-refractivity contribution >= 4 is 45.0 Å². The molecule has 1 aromatic rings. The second-order valence-electron chi connectivity index (χ2n) is 5.33. The van der Waals surface area contributed by atoms with Gasteiger partial charge in [-0.1, -0.05) is 37.9 Å². The van der Waals surface area contributed by atoms with Crippen LogP contribution in [0.5, 0.6) is 0 Å². The summed E-state index contributed by atoms with van der Waals surface area (Å²) < 4.78 is 0.629. The van der Waals surface area contributed by atoms with Gasteiger partial charge in [-0.25, -0.2) is 0 Å². The van der Waals surface area contributed by atoms with E-state index >= 15 is 0 Å². The third-order valence-corrected chi connectivity index (χ3v) is 5.35. The standard InChI is InChI=1S/C15H18BrClN2O2/c1-4-8(2)13-15(21)19(9(3)14(20)18-13)11-7-5-6-10(17)12(11)16/h5-9,13H,4H2,1-3H3,(H,18,20). The fraction of sp³-hybridized carbons (Fsp3) is 0.467. The van der Waals surface area contributed by atoms with Gasteiger partial charge in [-0.05, 0) is 40.9 Å². The van der Waals surface area contributed by atoms with E-state index in [-0.39, 0.29) is 17.7 Å². The molecule has 114 valence electrons. The molecule has 21 heavy (non-hydrogen) atoms. The summed E-state index contributed by atoms with van der Waals surface area (Å²) in [5, 5.41) is 3.33. The maximum absolute atomic E-state index is 12.8. The van der Waals surface area contributed by atoms with Gasteiger partial charge in [0.1, 0.15) is 12.1 Å². The quantitative estimate of drug-likeness (QED) is 0.883. The summed E-state index contributed by atoms with van der Waals surface area (Å²) in [5.74, 6) is -0.166. The van der Waals surface area contributed by atoms with E-state index in [0.29, 0.717) is 15.2 Å². The van der Waals surface area contributed by atoms with Crippen LogP contribution in [-0.2, 0) is 9.59 Å². The number of anilines is 1. The molecule has 1 aliphatic heterocycles. The number of rotatable bonds is 3. The predicted octanol–water partition coefficient (Wildman–Crippen LogP) is 3.37. The highest BCUT2D eigenvalue weighted by atomic mass is 79.9. The van der Waals surface area contributed by atoms with Crippen LogP contribution in [0, 0.1) is 5.92 Å². The second kappa shape index (κ2) is 6.36. The third-order valence-electron chi connectivity index (χ3n) is 3.97. The monoisotopic (exact) mass is 372 g/mol. The molecule has 0 spiro atoms. The van der Waals surface area contributed by atoms with Crippen LogP contribution in [0.1, 0.15) is 27.2 Å². The Bertz CT molecular complexity index is 579. The lowest BCUT2D eigenvalue weighted by molar-refractivity contribution is -0.134. The van der Waals surface area contributed by atoms with Crippen molar-refractivity contribution in [3.05, 3.63) is 27.7 Å². The van der Waals surface area contributed by atoms with Crippen LogP contribution in [0.4, 0.5) is 5.69 Å². The highest BCUT2D eigenvalue weighted by Crippen LogP contribution is 2.35. The van der Waals surface area contributed by atoms with Crippen LogP contribution in [-0.4, -0.2) is 23.9 Å². The van der Waals surface area contributed by atoms with Crippen molar-refractivity contribution in [2.45, 2.75) is 39.3 Å². The Morgan fingerprint density at radius 2 is 2.10 bits per heavy atom.